The van der Waals surface area contributed by atoms with Gasteiger partial charge >= 0.3 is 0 Å². The van der Waals surface area contributed by atoms with E-state index in [0.29, 0.717) is 23.9 Å². The summed E-state index contributed by atoms with van der Waals surface area (Å²) < 4.78 is 20.2. The number of nitrogens with zero attached hydrogens (tertiary/aromatic N) is 3. The maximum Gasteiger partial charge on any atom is 0.217 e. The molecule has 1 amide bonds. The molecule has 2 aromatic rings. The van der Waals surface area contributed by atoms with Crippen LogP contribution in [0.3, 0.4) is 0 Å². The van der Waals surface area contributed by atoms with Crippen molar-refractivity contribution in [2.45, 2.75) is 46.4 Å². The van der Waals surface area contributed by atoms with Gasteiger partial charge in [0.15, 0.2) is 5.82 Å². The lowest BCUT2D eigenvalue weighted by atomic mass is 10.1. The summed E-state index contributed by atoms with van der Waals surface area (Å²) in [5.74, 6) is 1.26. The van der Waals surface area contributed by atoms with Crippen molar-refractivity contribution in [1.29, 1.82) is 0 Å². The van der Waals surface area contributed by atoms with E-state index in [4.69, 9.17) is 4.74 Å². The molecule has 0 spiro atoms. The van der Waals surface area contributed by atoms with E-state index in [-0.39, 0.29) is 23.9 Å². The largest absolute Gasteiger partial charge is 0.486 e. The Balaban J connectivity index is 2.12. The van der Waals surface area contributed by atoms with Crippen molar-refractivity contribution in [2.75, 3.05) is 0 Å². The first-order valence-electron chi connectivity index (χ1n) is 7.34. The molecule has 23 heavy (non-hydrogen) atoms. The number of hydrogen-bond donors (Lipinski definition) is 1. The van der Waals surface area contributed by atoms with Crippen LogP contribution in [0.4, 0.5) is 4.39 Å². The number of rotatable bonds is 5. The van der Waals surface area contributed by atoms with Gasteiger partial charge < -0.3 is 10.1 Å². The monoisotopic (exact) mass is 320 g/mol. The number of carbonyl (C=O) groups excluding carboxylic acids is 1. The van der Waals surface area contributed by atoms with E-state index in [1.54, 1.807) is 16.8 Å². The van der Waals surface area contributed by atoms with Crippen molar-refractivity contribution in [3.63, 3.8) is 0 Å². The Labute approximate surface area is 134 Å². The Morgan fingerprint density at radius 3 is 2.52 bits per heavy atom. The van der Waals surface area contributed by atoms with Crippen LogP contribution >= 0.6 is 0 Å². The van der Waals surface area contributed by atoms with Crippen molar-refractivity contribution in [1.82, 2.24) is 20.1 Å². The van der Waals surface area contributed by atoms with E-state index in [0.717, 1.165) is 0 Å². The molecule has 0 unspecified atom stereocenters. The first kappa shape index (κ1) is 16.9. The molecular formula is C16H21FN4O2. The van der Waals surface area contributed by atoms with Gasteiger partial charge in [-0.3, -0.25) is 4.79 Å². The highest BCUT2D eigenvalue weighted by Crippen LogP contribution is 2.17. The Kier molecular flexibility index (Phi) is 4.98. The van der Waals surface area contributed by atoms with Crippen molar-refractivity contribution in [3.8, 4) is 5.75 Å². The molecule has 0 aliphatic carbocycles. The summed E-state index contributed by atoms with van der Waals surface area (Å²) in [6, 6.07) is 5.76. The number of aromatic nitrogens is 3. The molecule has 0 bridgehead atoms. The Morgan fingerprint density at radius 1 is 1.30 bits per heavy atom. The lowest BCUT2D eigenvalue weighted by molar-refractivity contribution is -0.119. The lowest BCUT2D eigenvalue weighted by Gasteiger charge is -2.21. The van der Waals surface area contributed by atoms with Gasteiger partial charge in [0.2, 0.25) is 5.91 Å². The molecule has 0 saturated carbocycles. The Bertz CT molecular complexity index is 674. The van der Waals surface area contributed by atoms with Gasteiger partial charge in [-0.15, -0.1) is 0 Å². The third-order valence-corrected chi connectivity index (χ3v) is 3.03. The van der Waals surface area contributed by atoms with Gasteiger partial charge in [0, 0.05) is 6.92 Å². The van der Waals surface area contributed by atoms with Gasteiger partial charge in [0.25, 0.3) is 0 Å². The summed E-state index contributed by atoms with van der Waals surface area (Å²) in [5, 5.41) is 7.17. The Hall–Kier alpha value is -2.44. The molecule has 1 aromatic carbocycles. The van der Waals surface area contributed by atoms with Crippen molar-refractivity contribution < 1.29 is 13.9 Å². The first-order valence-corrected chi connectivity index (χ1v) is 7.34. The molecule has 124 valence electrons. The van der Waals surface area contributed by atoms with E-state index < -0.39 is 0 Å². The average Bonchev–Trinajstić information content (AvgIpc) is 2.88. The quantitative estimate of drug-likeness (QED) is 0.918. The fourth-order valence-corrected chi connectivity index (χ4v) is 1.99. The second kappa shape index (κ2) is 6.76. The Morgan fingerprint density at radius 2 is 1.96 bits per heavy atom. The first-order chi connectivity index (χ1) is 10.8. The molecule has 0 radical (unpaired) electrons. The third-order valence-electron chi connectivity index (χ3n) is 3.03. The molecule has 6 nitrogen and oxygen atoms in total. The minimum Gasteiger partial charge on any atom is -0.486 e. The minimum atomic E-state index is -0.315. The topological polar surface area (TPSA) is 69.0 Å². The summed E-state index contributed by atoms with van der Waals surface area (Å²) >= 11 is 0. The van der Waals surface area contributed by atoms with Gasteiger partial charge in [-0.2, -0.15) is 5.10 Å². The summed E-state index contributed by atoms with van der Waals surface area (Å²) in [6.45, 7) is 7.94. The molecule has 0 fully saturated rings. The zero-order valence-corrected chi connectivity index (χ0v) is 13.8. The number of amides is 1. The highest BCUT2D eigenvalue weighted by atomic mass is 19.1. The number of carbonyl (C=O) groups is 1. The normalized spacial score (nSPS) is 11.3. The summed E-state index contributed by atoms with van der Waals surface area (Å²) in [5.41, 5.74) is -0.269. The molecule has 0 aliphatic rings. The van der Waals surface area contributed by atoms with E-state index in [9.17, 15) is 9.18 Å². The predicted molar refractivity (Wildman–Crippen MR) is 83.3 cm³/mol. The number of ether oxygens (including phenoxy) is 1. The molecule has 1 heterocycles. The number of benzene rings is 1. The molecule has 0 saturated heterocycles. The van der Waals surface area contributed by atoms with Crippen LogP contribution < -0.4 is 10.1 Å². The van der Waals surface area contributed by atoms with Crippen LogP contribution in [-0.2, 0) is 23.5 Å². The molecule has 2 rings (SSSR count). The van der Waals surface area contributed by atoms with Crippen LogP contribution in [0.15, 0.2) is 24.3 Å². The van der Waals surface area contributed by atoms with Crippen LogP contribution in [0, 0.1) is 5.82 Å². The smallest absolute Gasteiger partial charge is 0.217 e. The number of halogens is 1. The molecular weight excluding hydrogens is 299 g/mol. The standard InChI is InChI=1S/C16H21FN4O2/c1-11(22)18-9-15-19-14(20-21(15)16(2,3)4)10-23-13-7-5-12(17)6-8-13/h5-8H,9-10H2,1-4H3,(H,18,22). The number of nitrogens with one attached hydrogen (secondary N) is 1. The maximum absolute atomic E-state index is 12.9. The van der Waals surface area contributed by atoms with Crippen LogP contribution in [0.25, 0.3) is 0 Å². The van der Waals surface area contributed by atoms with Crippen molar-refractivity contribution in [2.24, 2.45) is 0 Å². The third kappa shape index (κ3) is 4.77. The summed E-state index contributed by atoms with van der Waals surface area (Å²) in [4.78, 5) is 15.5. The molecule has 1 aromatic heterocycles. The fourth-order valence-electron chi connectivity index (χ4n) is 1.99. The molecule has 0 atom stereocenters. The van der Waals surface area contributed by atoms with Gasteiger partial charge in [-0.05, 0) is 45.0 Å². The van der Waals surface area contributed by atoms with Crippen LogP contribution in [0.5, 0.6) is 5.75 Å². The minimum absolute atomic E-state index is 0.127. The van der Waals surface area contributed by atoms with Crippen molar-refractivity contribution in [3.05, 3.63) is 41.7 Å². The maximum atomic E-state index is 12.9. The van der Waals surface area contributed by atoms with E-state index in [2.05, 4.69) is 15.4 Å². The van der Waals surface area contributed by atoms with E-state index in [1.807, 2.05) is 20.8 Å². The van der Waals surface area contributed by atoms with Crippen LogP contribution in [0.1, 0.15) is 39.3 Å². The fraction of sp³-hybridized carbons (Fsp3) is 0.438. The van der Waals surface area contributed by atoms with E-state index in [1.165, 1.54) is 19.1 Å². The highest BCUT2D eigenvalue weighted by Gasteiger charge is 2.21. The van der Waals surface area contributed by atoms with E-state index >= 15 is 0 Å². The average molecular weight is 320 g/mol. The van der Waals surface area contributed by atoms with Gasteiger partial charge in [0.1, 0.15) is 24.0 Å². The second-order valence-electron chi connectivity index (χ2n) is 6.18. The van der Waals surface area contributed by atoms with Crippen LogP contribution in [0.2, 0.25) is 0 Å². The van der Waals surface area contributed by atoms with Gasteiger partial charge in [-0.1, -0.05) is 0 Å². The molecule has 7 heteroatoms. The lowest BCUT2D eigenvalue weighted by Crippen LogP contribution is -2.29. The zero-order valence-electron chi connectivity index (χ0n) is 13.8. The van der Waals surface area contributed by atoms with Gasteiger partial charge in [-0.25, -0.2) is 14.1 Å². The zero-order chi connectivity index (χ0) is 17.0. The summed E-state index contributed by atoms with van der Waals surface area (Å²) in [7, 11) is 0. The van der Waals surface area contributed by atoms with Crippen LogP contribution in [-0.4, -0.2) is 20.7 Å². The summed E-state index contributed by atoms with van der Waals surface area (Å²) in [6.07, 6.45) is 0. The SMILES string of the molecule is CC(=O)NCc1nc(COc2ccc(F)cc2)nn1C(C)(C)C. The number of hydrogen-bond acceptors (Lipinski definition) is 4. The predicted octanol–water partition coefficient (Wildman–Crippen LogP) is 2.39. The highest BCUT2D eigenvalue weighted by molar-refractivity contribution is 5.72. The van der Waals surface area contributed by atoms with Gasteiger partial charge in [0.05, 0.1) is 12.1 Å². The molecule has 0 aliphatic heterocycles. The molecule has 1 N–H and O–H groups in total. The van der Waals surface area contributed by atoms with Crippen molar-refractivity contribution >= 4 is 5.91 Å². The second-order valence-corrected chi connectivity index (χ2v) is 6.18.